The maximum atomic E-state index is 13.8. The highest BCUT2D eigenvalue weighted by molar-refractivity contribution is 6.32. The van der Waals surface area contributed by atoms with Gasteiger partial charge in [0.2, 0.25) is 23.6 Å². The van der Waals surface area contributed by atoms with Gasteiger partial charge >= 0.3 is 0 Å². The SMILES string of the molecule is Cc1c(Cl)ccc2c1NC(=O)[C@@]21N[C@H](CCC(N)=O)[C@H]2C(=O)N(c3ccc(Cl)cc3)C(=O)[C@H]21. The Bertz CT molecular complexity index is 1230. The number of rotatable bonds is 4. The number of halogens is 2. The molecule has 0 bridgehead atoms. The molecule has 4 amide bonds. The number of hydrogen-bond acceptors (Lipinski definition) is 5. The van der Waals surface area contributed by atoms with Gasteiger partial charge in [0, 0.05) is 28.1 Å². The molecule has 8 nitrogen and oxygen atoms in total. The minimum absolute atomic E-state index is 0.00744. The maximum Gasteiger partial charge on any atom is 0.250 e. The number of amides is 4. The van der Waals surface area contributed by atoms with Crippen LogP contribution in [0.4, 0.5) is 11.4 Å². The number of benzene rings is 2. The molecule has 10 heteroatoms. The van der Waals surface area contributed by atoms with E-state index in [1.54, 1.807) is 43.3 Å². The lowest BCUT2D eigenvalue weighted by molar-refractivity contribution is -0.130. The fourth-order valence-electron chi connectivity index (χ4n) is 5.38. The zero-order chi connectivity index (χ0) is 23.7. The highest BCUT2D eigenvalue weighted by Gasteiger charge is 2.70. The van der Waals surface area contributed by atoms with Crippen LogP contribution in [0.15, 0.2) is 36.4 Å². The van der Waals surface area contributed by atoms with Gasteiger partial charge in [0.25, 0.3) is 0 Å². The van der Waals surface area contributed by atoms with E-state index in [4.69, 9.17) is 28.9 Å². The third kappa shape index (κ3) is 3.01. The molecule has 5 rings (SSSR count). The van der Waals surface area contributed by atoms with Gasteiger partial charge < -0.3 is 11.1 Å². The average Bonchev–Trinajstić information content (AvgIpc) is 3.35. The Kier molecular flexibility index (Phi) is 5.00. The van der Waals surface area contributed by atoms with Crippen molar-refractivity contribution in [3.05, 3.63) is 57.6 Å². The molecule has 170 valence electrons. The van der Waals surface area contributed by atoms with Gasteiger partial charge in [0.15, 0.2) is 0 Å². The molecular weight excluding hydrogens is 467 g/mol. The summed E-state index contributed by atoms with van der Waals surface area (Å²) in [6.07, 6.45) is 0.217. The standard InChI is InChI=1S/C23H20Cl2N4O4/c1-10-14(25)7-6-13-19(10)27-22(33)23(13)18-17(15(28-23)8-9-16(26)30)20(31)29(21(18)32)12-4-2-11(24)3-5-12/h2-7,15,17-18,28H,8-9H2,1H3,(H2,26,30)(H,27,33)/t15-,17-,18+,23-/m1/s1. The lowest BCUT2D eigenvalue weighted by Gasteiger charge is -2.29. The van der Waals surface area contributed by atoms with Gasteiger partial charge in [-0.25, -0.2) is 4.90 Å². The van der Waals surface area contributed by atoms with E-state index >= 15 is 0 Å². The average molecular weight is 487 g/mol. The van der Waals surface area contributed by atoms with Crippen LogP contribution in [0.3, 0.4) is 0 Å². The van der Waals surface area contributed by atoms with E-state index in [9.17, 15) is 19.2 Å². The third-order valence-electron chi connectivity index (χ3n) is 6.87. The fourth-order valence-corrected chi connectivity index (χ4v) is 5.66. The van der Waals surface area contributed by atoms with Crippen molar-refractivity contribution < 1.29 is 19.2 Å². The van der Waals surface area contributed by atoms with Gasteiger partial charge in [-0.05, 0) is 49.2 Å². The number of nitrogens with zero attached hydrogens (tertiary/aromatic N) is 1. The molecule has 4 N–H and O–H groups in total. The Morgan fingerprint density at radius 3 is 2.45 bits per heavy atom. The minimum Gasteiger partial charge on any atom is -0.370 e. The fraction of sp³-hybridized carbons (Fsp3) is 0.304. The van der Waals surface area contributed by atoms with Crippen molar-refractivity contribution in [3.8, 4) is 0 Å². The molecule has 2 aromatic rings. The van der Waals surface area contributed by atoms with Gasteiger partial charge in [-0.3, -0.25) is 24.5 Å². The molecule has 3 aliphatic heterocycles. The van der Waals surface area contributed by atoms with Gasteiger partial charge in [0.05, 0.1) is 23.2 Å². The van der Waals surface area contributed by atoms with Gasteiger partial charge in [-0.15, -0.1) is 0 Å². The summed E-state index contributed by atoms with van der Waals surface area (Å²) in [7, 11) is 0. The van der Waals surface area contributed by atoms with Crippen LogP contribution >= 0.6 is 23.2 Å². The van der Waals surface area contributed by atoms with Crippen molar-refractivity contribution in [3.63, 3.8) is 0 Å². The molecule has 2 saturated heterocycles. The van der Waals surface area contributed by atoms with Crippen molar-refractivity contribution in [2.45, 2.75) is 31.3 Å². The van der Waals surface area contributed by atoms with Crippen LogP contribution in [0.2, 0.25) is 10.0 Å². The molecule has 33 heavy (non-hydrogen) atoms. The Labute approximate surface area is 199 Å². The highest BCUT2D eigenvalue weighted by atomic mass is 35.5. The van der Waals surface area contributed by atoms with Crippen molar-refractivity contribution in [1.29, 1.82) is 0 Å². The smallest absolute Gasteiger partial charge is 0.250 e. The maximum absolute atomic E-state index is 13.8. The zero-order valence-electron chi connectivity index (χ0n) is 17.5. The van der Waals surface area contributed by atoms with Gasteiger partial charge in [-0.1, -0.05) is 29.3 Å². The molecule has 1 spiro atoms. The summed E-state index contributed by atoms with van der Waals surface area (Å²) in [6, 6.07) is 9.12. The second-order valence-electron chi connectivity index (χ2n) is 8.60. The Morgan fingerprint density at radius 1 is 1.09 bits per heavy atom. The number of fused-ring (bicyclic) bond motifs is 4. The number of nitrogens with two attached hydrogens (primary N) is 1. The molecule has 2 aromatic carbocycles. The number of anilines is 2. The number of hydrogen-bond donors (Lipinski definition) is 3. The summed E-state index contributed by atoms with van der Waals surface area (Å²) in [5, 5.41) is 7.06. The zero-order valence-corrected chi connectivity index (χ0v) is 19.0. The second kappa shape index (κ2) is 7.55. The normalized spacial score (nSPS) is 27.8. The topological polar surface area (TPSA) is 122 Å². The number of imide groups is 1. The number of nitrogens with one attached hydrogen (secondary N) is 2. The summed E-state index contributed by atoms with van der Waals surface area (Å²) in [5.74, 6) is -3.73. The number of primary amides is 1. The van der Waals surface area contributed by atoms with Crippen molar-refractivity contribution in [2.24, 2.45) is 17.6 Å². The van der Waals surface area contributed by atoms with Crippen molar-refractivity contribution >= 4 is 58.2 Å². The van der Waals surface area contributed by atoms with Crippen LogP contribution in [-0.4, -0.2) is 29.7 Å². The van der Waals surface area contributed by atoms with Crippen LogP contribution in [0.25, 0.3) is 0 Å². The number of carbonyl (C=O) groups is 4. The van der Waals surface area contributed by atoms with E-state index in [-0.39, 0.29) is 12.8 Å². The summed E-state index contributed by atoms with van der Waals surface area (Å²) in [5.41, 5.74) is 6.02. The molecule has 4 atom stereocenters. The first kappa shape index (κ1) is 21.9. The molecule has 3 heterocycles. The molecule has 2 fully saturated rings. The summed E-state index contributed by atoms with van der Waals surface area (Å²) >= 11 is 12.2. The lowest BCUT2D eigenvalue weighted by atomic mass is 9.76. The summed E-state index contributed by atoms with van der Waals surface area (Å²) in [4.78, 5) is 53.4. The quantitative estimate of drug-likeness (QED) is 0.573. The predicted molar refractivity (Wildman–Crippen MR) is 123 cm³/mol. The monoisotopic (exact) mass is 486 g/mol. The summed E-state index contributed by atoms with van der Waals surface area (Å²) in [6.45, 7) is 1.78. The van der Waals surface area contributed by atoms with Crippen LogP contribution in [0, 0.1) is 18.8 Å². The summed E-state index contributed by atoms with van der Waals surface area (Å²) < 4.78 is 0. The first-order valence-corrected chi connectivity index (χ1v) is 11.2. The van der Waals surface area contributed by atoms with Gasteiger partial charge in [0.1, 0.15) is 5.54 Å². The first-order chi connectivity index (χ1) is 15.7. The van der Waals surface area contributed by atoms with Crippen LogP contribution in [-0.2, 0) is 24.7 Å². The minimum atomic E-state index is -1.47. The molecular formula is C23H20Cl2N4O4. The molecule has 0 unspecified atom stereocenters. The van der Waals surface area contributed by atoms with Crippen LogP contribution in [0.5, 0.6) is 0 Å². The Balaban J connectivity index is 1.66. The van der Waals surface area contributed by atoms with E-state index in [2.05, 4.69) is 10.6 Å². The molecule has 0 aliphatic carbocycles. The van der Waals surface area contributed by atoms with E-state index in [1.807, 2.05) is 0 Å². The van der Waals surface area contributed by atoms with E-state index < -0.39 is 47.0 Å². The molecule has 0 radical (unpaired) electrons. The predicted octanol–water partition coefficient (Wildman–Crippen LogP) is 2.49. The first-order valence-electron chi connectivity index (χ1n) is 10.5. The van der Waals surface area contributed by atoms with Crippen LogP contribution in [0.1, 0.15) is 24.0 Å². The Morgan fingerprint density at radius 2 is 1.79 bits per heavy atom. The number of carbonyl (C=O) groups excluding carboxylic acids is 4. The van der Waals surface area contributed by atoms with Crippen LogP contribution < -0.4 is 21.3 Å². The largest absolute Gasteiger partial charge is 0.370 e. The van der Waals surface area contributed by atoms with E-state index in [0.29, 0.717) is 32.5 Å². The van der Waals surface area contributed by atoms with E-state index in [1.165, 1.54) is 0 Å². The second-order valence-corrected chi connectivity index (χ2v) is 9.45. The molecule has 0 aromatic heterocycles. The molecule has 0 saturated carbocycles. The lowest BCUT2D eigenvalue weighted by Crippen LogP contribution is -2.53. The van der Waals surface area contributed by atoms with Crippen molar-refractivity contribution in [1.82, 2.24) is 5.32 Å². The van der Waals surface area contributed by atoms with Gasteiger partial charge in [-0.2, -0.15) is 0 Å². The third-order valence-corrected chi connectivity index (χ3v) is 7.53. The molecule has 3 aliphatic rings. The highest BCUT2D eigenvalue weighted by Crippen LogP contribution is 2.55. The Hall–Kier alpha value is -2.94. The van der Waals surface area contributed by atoms with Crippen molar-refractivity contribution in [2.75, 3.05) is 10.2 Å². The van der Waals surface area contributed by atoms with E-state index in [0.717, 1.165) is 4.90 Å².